The van der Waals surface area contributed by atoms with Gasteiger partial charge in [-0.1, -0.05) is 23.5 Å². The zero-order chi connectivity index (χ0) is 21.9. The van der Waals surface area contributed by atoms with Gasteiger partial charge in [0.1, 0.15) is 6.04 Å². The molecule has 0 bridgehead atoms. The number of aromatic hydroxyl groups is 2. The van der Waals surface area contributed by atoms with Gasteiger partial charge in [0.25, 0.3) is 0 Å². The van der Waals surface area contributed by atoms with Crippen molar-refractivity contribution in [1.29, 1.82) is 0 Å². The Balaban J connectivity index is 2.40. The normalized spacial score (nSPS) is 18.4. The second kappa shape index (κ2) is 9.53. The summed E-state index contributed by atoms with van der Waals surface area (Å²) in [6.45, 7) is 4.40. The third-order valence-corrected chi connectivity index (χ3v) is 6.67. The van der Waals surface area contributed by atoms with Crippen LogP contribution in [0.3, 0.4) is 0 Å². The molecule has 0 saturated heterocycles. The molecular formula is C19H23NO7S2. The number of benzene rings is 1. The minimum absolute atomic E-state index is 0.0268. The molecule has 0 aromatic heterocycles. The van der Waals surface area contributed by atoms with Gasteiger partial charge in [-0.2, -0.15) is 0 Å². The average Bonchev–Trinajstić information content (AvgIpc) is 2.62. The second-order valence-electron chi connectivity index (χ2n) is 6.82. The Morgan fingerprint density at radius 3 is 2.07 bits per heavy atom. The molecule has 0 spiro atoms. The Morgan fingerprint density at radius 1 is 1.07 bits per heavy atom. The Hall–Kier alpha value is -2.20. The van der Waals surface area contributed by atoms with Crippen molar-refractivity contribution in [2.24, 2.45) is 5.92 Å². The molecule has 1 aromatic rings. The fourth-order valence-corrected chi connectivity index (χ4v) is 4.86. The number of carbonyl (C=O) groups excluding carboxylic acids is 3. The number of rotatable bonds is 6. The molecular weight excluding hydrogens is 418 g/mol. The second-order valence-corrected chi connectivity index (χ2v) is 9.22. The number of aliphatic carboxylic acids is 1. The van der Waals surface area contributed by atoms with Gasteiger partial charge in [-0.25, -0.2) is 4.79 Å². The number of thioether (sulfide) groups is 2. The predicted octanol–water partition coefficient (Wildman–Crippen LogP) is 2.17. The summed E-state index contributed by atoms with van der Waals surface area (Å²) in [7, 11) is 0. The van der Waals surface area contributed by atoms with Crippen LogP contribution in [0.4, 0.5) is 0 Å². The minimum Gasteiger partial charge on any atom is -0.504 e. The highest BCUT2D eigenvalue weighted by atomic mass is 32.2. The third kappa shape index (κ3) is 5.45. The van der Waals surface area contributed by atoms with E-state index < -0.39 is 29.9 Å². The van der Waals surface area contributed by atoms with E-state index in [2.05, 4.69) is 0 Å². The molecule has 3 N–H and O–H groups in total. The van der Waals surface area contributed by atoms with Crippen molar-refractivity contribution in [3.63, 3.8) is 0 Å². The zero-order valence-electron chi connectivity index (χ0n) is 16.2. The van der Waals surface area contributed by atoms with Gasteiger partial charge in [-0.3, -0.25) is 14.4 Å². The molecule has 1 aliphatic rings. The number of phenols is 2. The smallest absolute Gasteiger partial charge is 0.326 e. The lowest BCUT2D eigenvalue weighted by Gasteiger charge is -2.41. The van der Waals surface area contributed by atoms with Crippen molar-refractivity contribution < 1.29 is 34.5 Å². The van der Waals surface area contributed by atoms with E-state index >= 15 is 0 Å². The summed E-state index contributed by atoms with van der Waals surface area (Å²) < 4.78 is 0. The summed E-state index contributed by atoms with van der Waals surface area (Å²) in [5, 5.41) is 29.0. The lowest BCUT2D eigenvalue weighted by Crippen LogP contribution is -2.53. The molecule has 1 amide bonds. The van der Waals surface area contributed by atoms with Crippen molar-refractivity contribution >= 4 is 45.6 Å². The Kier molecular flexibility index (Phi) is 7.59. The fourth-order valence-electron chi connectivity index (χ4n) is 3.32. The highest BCUT2D eigenvalue weighted by Crippen LogP contribution is 2.40. The number of hydrogen-bond acceptors (Lipinski definition) is 8. The summed E-state index contributed by atoms with van der Waals surface area (Å²) in [5.74, 6) is -2.82. The Labute approximate surface area is 176 Å². The monoisotopic (exact) mass is 441 g/mol. The minimum atomic E-state index is -1.19. The van der Waals surface area contributed by atoms with Gasteiger partial charge in [0.15, 0.2) is 21.7 Å². The average molecular weight is 442 g/mol. The number of carboxylic acid groups (broad SMARTS) is 1. The SMILES string of the molecule is CC(=O)SCC(CSC(C)=O)C(=O)N1[C@H](C)c2cc(O)c(O)cc2C[C@H]1C(=O)O. The van der Waals surface area contributed by atoms with Gasteiger partial charge in [-0.05, 0) is 30.2 Å². The van der Waals surface area contributed by atoms with Crippen molar-refractivity contribution in [1.82, 2.24) is 4.90 Å². The molecule has 1 aliphatic heterocycles. The molecule has 158 valence electrons. The Bertz CT molecular complexity index is 824. The van der Waals surface area contributed by atoms with Gasteiger partial charge < -0.3 is 20.2 Å². The first kappa shape index (κ1) is 23.1. The number of nitrogens with zero attached hydrogens (tertiary/aromatic N) is 1. The van der Waals surface area contributed by atoms with Crippen LogP contribution >= 0.6 is 23.5 Å². The Morgan fingerprint density at radius 2 is 1.59 bits per heavy atom. The lowest BCUT2D eigenvalue weighted by molar-refractivity contribution is -0.154. The van der Waals surface area contributed by atoms with E-state index in [1.807, 2.05) is 0 Å². The summed E-state index contributed by atoms with van der Waals surface area (Å²) >= 11 is 1.91. The highest BCUT2D eigenvalue weighted by Gasteiger charge is 2.42. The number of amides is 1. The molecule has 2 rings (SSSR count). The van der Waals surface area contributed by atoms with E-state index in [1.165, 1.54) is 30.9 Å². The summed E-state index contributed by atoms with van der Waals surface area (Å²) in [6, 6.07) is 0.803. The van der Waals surface area contributed by atoms with Crippen LogP contribution in [-0.2, 0) is 25.6 Å². The van der Waals surface area contributed by atoms with Crippen LogP contribution in [0, 0.1) is 5.92 Å². The van der Waals surface area contributed by atoms with Crippen LogP contribution < -0.4 is 0 Å². The molecule has 0 saturated carbocycles. The van der Waals surface area contributed by atoms with Crippen molar-refractivity contribution in [2.75, 3.05) is 11.5 Å². The molecule has 8 nitrogen and oxygen atoms in total. The zero-order valence-corrected chi connectivity index (χ0v) is 17.9. The van der Waals surface area contributed by atoms with Gasteiger partial charge >= 0.3 is 5.97 Å². The van der Waals surface area contributed by atoms with Crippen LogP contribution in [0.2, 0.25) is 0 Å². The number of carboxylic acids is 1. The maximum absolute atomic E-state index is 13.3. The molecule has 1 aromatic carbocycles. The highest BCUT2D eigenvalue weighted by molar-refractivity contribution is 8.14. The summed E-state index contributed by atoms with van der Waals surface area (Å²) in [4.78, 5) is 49.2. The first-order chi connectivity index (χ1) is 13.5. The first-order valence-electron chi connectivity index (χ1n) is 8.89. The number of hydrogen-bond donors (Lipinski definition) is 3. The van der Waals surface area contributed by atoms with Crippen LogP contribution in [-0.4, -0.2) is 59.9 Å². The molecule has 10 heteroatoms. The van der Waals surface area contributed by atoms with E-state index in [1.54, 1.807) is 6.92 Å². The quantitative estimate of drug-likeness (QED) is 0.568. The molecule has 0 radical (unpaired) electrons. The van der Waals surface area contributed by atoms with E-state index in [-0.39, 0.29) is 39.7 Å². The van der Waals surface area contributed by atoms with Crippen molar-refractivity contribution in [2.45, 2.75) is 39.3 Å². The number of phenolic OH excluding ortho intramolecular Hbond substituents is 2. The standard InChI is InChI=1S/C19H23NO7S2/c1-9-14-6-17(24)16(23)5-12(14)4-15(19(26)27)20(9)18(25)13(7-28-10(2)21)8-29-11(3)22/h5-6,9,13,15,23-24H,4,7-8H2,1-3H3,(H,26,27)/t9-,15+/m1/s1. The van der Waals surface area contributed by atoms with E-state index in [9.17, 15) is 34.5 Å². The number of fused-ring (bicyclic) bond motifs is 1. The topological polar surface area (TPSA) is 132 Å². The molecule has 2 atom stereocenters. The van der Waals surface area contributed by atoms with Crippen LogP contribution in [0.5, 0.6) is 11.5 Å². The molecule has 0 aliphatic carbocycles. The van der Waals surface area contributed by atoms with E-state index in [0.717, 1.165) is 23.5 Å². The maximum Gasteiger partial charge on any atom is 0.326 e. The van der Waals surface area contributed by atoms with Gasteiger partial charge in [0.05, 0.1) is 12.0 Å². The largest absolute Gasteiger partial charge is 0.504 e. The lowest BCUT2D eigenvalue weighted by atomic mass is 9.87. The van der Waals surface area contributed by atoms with Crippen LogP contribution in [0.25, 0.3) is 0 Å². The summed E-state index contributed by atoms with van der Waals surface area (Å²) in [5.41, 5.74) is 1.08. The summed E-state index contributed by atoms with van der Waals surface area (Å²) in [6.07, 6.45) is -0.0268. The van der Waals surface area contributed by atoms with Crippen molar-refractivity contribution in [3.05, 3.63) is 23.3 Å². The molecule has 0 fully saturated rings. The van der Waals surface area contributed by atoms with Gasteiger partial charge in [0.2, 0.25) is 5.91 Å². The maximum atomic E-state index is 13.3. The number of carbonyl (C=O) groups is 4. The predicted molar refractivity (Wildman–Crippen MR) is 110 cm³/mol. The van der Waals surface area contributed by atoms with E-state index in [4.69, 9.17) is 0 Å². The van der Waals surface area contributed by atoms with Gasteiger partial charge in [-0.15, -0.1) is 0 Å². The van der Waals surface area contributed by atoms with Crippen LogP contribution in [0.15, 0.2) is 12.1 Å². The molecule has 1 heterocycles. The fraction of sp³-hybridized carbons (Fsp3) is 0.474. The van der Waals surface area contributed by atoms with Crippen molar-refractivity contribution in [3.8, 4) is 11.5 Å². The third-order valence-electron chi connectivity index (χ3n) is 4.72. The first-order valence-corrected chi connectivity index (χ1v) is 10.9. The molecule has 29 heavy (non-hydrogen) atoms. The van der Waals surface area contributed by atoms with Crippen LogP contribution in [0.1, 0.15) is 37.9 Å². The van der Waals surface area contributed by atoms with E-state index in [0.29, 0.717) is 11.1 Å². The van der Waals surface area contributed by atoms with Gasteiger partial charge in [0, 0.05) is 31.8 Å². The molecule has 0 unspecified atom stereocenters.